The topological polar surface area (TPSA) is 66.8 Å². The predicted molar refractivity (Wildman–Crippen MR) is 95.3 cm³/mol. The van der Waals surface area contributed by atoms with E-state index in [1.807, 2.05) is 6.07 Å². The van der Waals surface area contributed by atoms with Crippen molar-refractivity contribution in [3.05, 3.63) is 23.3 Å². The first-order chi connectivity index (χ1) is 12.5. The lowest BCUT2D eigenvalue weighted by Gasteiger charge is -2.62. The summed E-state index contributed by atoms with van der Waals surface area (Å²) in [4.78, 5) is 12.8. The summed E-state index contributed by atoms with van der Waals surface area (Å²) >= 11 is 0. The van der Waals surface area contributed by atoms with Crippen LogP contribution in [0.25, 0.3) is 0 Å². The lowest BCUT2D eigenvalue weighted by molar-refractivity contribution is -0.190. The van der Waals surface area contributed by atoms with Crippen LogP contribution in [-0.2, 0) is 16.6 Å². The van der Waals surface area contributed by atoms with Gasteiger partial charge in [0.1, 0.15) is 0 Å². The molecule has 0 amide bonds. The van der Waals surface area contributed by atoms with Crippen LogP contribution in [-0.4, -0.2) is 27.7 Å². The van der Waals surface area contributed by atoms with Gasteiger partial charge in [-0.15, -0.1) is 0 Å². The summed E-state index contributed by atoms with van der Waals surface area (Å²) in [6.45, 7) is 0. The molecule has 1 heterocycles. The molecule has 0 radical (unpaired) electrons. The molecule has 1 aliphatic heterocycles. The van der Waals surface area contributed by atoms with E-state index in [0.717, 1.165) is 30.7 Å². The fourth-order valence-corrected chi connectivity index (χ4v) is 7.20. The van der Waals surface area contributed by atoms with E-state index in [2.05, 4.69) is 0 Å². The lowest BCUT2D eigenvalue weighted by atomic mass is 9.43. The van der Waals surface area contributed by atoms with Crippen LogP contribution in [0, 0.1) is 17.8 Å². The number of rotatable bonds is 2. The fraction of sp³-hybridized carbons (Fsp3) is 0.682. The monoisotopic (exact) mass is 354 g/mol. The SMILES string of the molecule is O=C1CC[C@@]2(O)[C@H]3Cc4ccc(O)c5c4[C@@]2(CCC3CC2CCC2)[C@H]1O5. The van der Waals surface area contributed by atoms with E-state index in [-0.39, 0.29) is 17.5 Å². The van der Waals surface area contributed by atoms with E-state index in [1.54, 1.807) is 6.07 Å². The Labute approximate surface area is 153 Å². The van der Waals surface area contributed by atoms with E-state index in [4.69, 9.17) is 4.74 Å². The minimum Gasteiger partial charge on any atom is -0.504 e. The van der Waals surface area contributed by atoms with Crippen molar-refractivity contribution in [1.82, 2.24) is 0 Å². The van der Waals surface area contributed by atoms with E-state index in [0.29, 0.717) is 24.5 Å². The smallest absolute Gasteiger partial charge is 0.174 e. The van der Waals surface area contributed by atoms with Gasteiger partial charge in [0.05, 0.1) is 11.0 Å². The Balaban J connectivity index is 1.53. The number of phenols is 1. The van der Waals surface area contributed by atoms with Crippen LogP contribution in [0.5, 0.6) is 11.5 Å². The number of phenolic OH excluding ortho intramolecular Hbond substituents is 1. The first-order valence-electron chi connectivity index (χ1n) is 10.3. The van der Waals surface area contributed by atoms with Crippen LogP contribution in [0.4, 0.5) is 0 Å². The Morgan fingerprint density at radius 1 is 1.19 bits per heavy atom. The van der Waals surface area contributed by atoms with Gasteiger partial charge in [0, 0.05) is 12.0 Å². The Morgan fingerprint density at radius 3 is 2.81 bits per heavy atom. The number of hydrogen-bond acceptors (Lipinski definition) is 4. The highest BCUT2D eigenvalue weighted by atomic mass is 16.5. The highest BCUT2D eigenvalue weighted by Crippen LogP contribution is 2.68. The zero-order chi connectivity index (χ0) is 17.7. The van der Waals surface area contributed by atoms with Crippen molar-refractivity contribution in [3.8, 4) is 11.5 Å². The Bertz CT molecular complexity index is 813. The molecule has 1 aromatic carbocycles. The van der Waals surface area contributed by atoms with E-state index >= 15 is 0 Å². The van der Waals surface area contributed by atoms with Crippen molar-refractivity contribution in [2.75, 3.05) is 0 Å². The minimum atomic E-state index is -0.871. The largest absolute Gasteiger partial charge is 0.504 e. The Hall–Kier alpha value is -1.55. The summed E-state index contributed by atoms with van der Waals surface area (Å²) in [6, 6.07) is 3.70. The summed E-state index contributed by atoms with van der Waals surface area (Å²) in [6.07, 6.45) is 8.29. The maximum Gasteiger partial charge on any atom is 0.174 e. The molecular weight excluding hydrogens is 328 g/mol. The highest BCUT2D eigenvalue weighted by Gasteiger charge is 2.73. The molecule has 1 unspecified atom stereocenters. The molecule has 26 heavy (non-hydrogen) atoms. The second-order valence-electron chi connectivity index (χ2n) is 9.45. The van der Waals surface area contributed by atoms with Crippen molar-refractivity contribution in [3.63, 3.8) is 0 Å². The molecule has 0 saturated heterocycles. The van der Waals surface area contributed by atoms with Gasteiger partial charge in [0.2, 0.25) is 0 Å². The number of carbonyl (C=O) groups is 1. The van der Waals surface area contributed by atoms with Gasteiger partial charge in [-0.1, -0.05) is 25.3 Å². The van der Waals surface area contributed by atoms with Crippen LogP contribution in [0.3, 0.4) is 0 Å². The van der Waals surface area contributed by atoms with E-state index < -0.39 is 17.1 Å². The van der Waals surface area contributed by atoms with Crippen molar-refractivity contribution in [1.29, 1.82) is 0 Å². The zero-order valence-corrected chi connectivity index (χ0v) is 15.0. The average molecular weight is 354 g/mol. The molecule has 4 nitrogen and oxygen atoms in total. The van der Waals surface area contributed by atoms with Gasteiger partial charge < -0.3 is 14.9 Å². The molecule has 3 saturated carbocycles. The summed E-state index contributed by atoms with van der Waals surface area (Å²) < 4.78 is 6.08. The van der Waals surface area contributed by atoms with Gasteiger partial charge in [0.15, 0.2) is 23.4 Å². The van der Waals surface area contributed by atoms with Crippen LogP contribution in [0.15, 0.2) is 12.1 Å². The third-order valence-electron chi connectivity index (χ3n) is 8.56. The van der Waals surface area contributed by atoms with Gasteiger partial charge >= 0.3 is 0 Å². The van der Waals surface area contributed by atoms with Crippen molar-refractivity contribution < 1.29 is 19.7 Å². The number of ether oxygens (including phenoxy) is 1. The molecule has 5 aliphatic rings. The molecule has 4 heteroatoms. The summed E-state index contributed by atoms with van der Waals surface area (Å²) in [7, 11) is 0. The quantitative estimate of drug-likeness (QED) is 0.855. The van der Waals surface area contributed by atoms with Gasteiger partial charge in [-0.2, -0.15) is 0 Å². The molecule has 1 aromatic rings. The minimum absolute atomic E-state index is 0.0920. The summed E-state index contributed by atoms with van der Waals surface area (Å²) in [5, 5.41) is 22.5. The molecule has 2 bridgehead atoms. The Kier molecular flexibility index (Phi) is 2.88. The van der Waals surface area contributed by atoms with Crippen LogP contribution in [0.2, 0.25) is 0 Å². The number of hydrogen-bond donors (Lipinski definition) is 2. The normalized spacial score (nSPS) is 42.8. The van der Waals surface area contributed by atoms with Crippen molar-refractivity contribution in [2.24, 2.45) is 17.8 Å². The first-order valence-corrected chi connectivity index (χ1v) is 10.3. The highest BCUT2D eigenvalue weighted by molar-refractivity contribution is 5.89. The molecule has 2 N–H and O–H groups in total. The van der Waals surface area contributed by atoms with Crippen molar-refractivity contribution >= 4 is 5.78 Å². The molecule has 3 fully saturated rings. The number of Topliss-reactive ketones (excluding diaryl/α,β-unsaturated/α-hetero) is 1. The number of aromatic hydroxyl groups is 1. The van der Waals surface area contributed by atoms with Crippen LogP contribution in [0.1, 0.15) is 62.5 Å². The molecular formula is C22H26O4. The van der Waals surface area contributed by atoms with Gasteiger partial charge in [-0.3, -0.25) is 4.79 Å². The number of aliphatic hydroxyl groups is 1. The second-order valence-corrected chi connectivity index (χ2v) is 9.45. The zero-order valence-electron chi connectivity index (χ0n) is 15.0. The van der Waals surface area contributed by atoms with Gasteiger partial charge in [-0.05, 0) is 61.5 Å². The number of carbonyl (C=O) groups excluding carboxylic acids is 1. The summed E-state index contributed by atoms with van der Waals surface area (Å²) in [5.74, 6) is 2.24. The molecule has 1 spiro atoms. The maximum absolute atomic E-state index is 12.8. The molecule has 0 aromatic heterocycles. The van der Waals surface area contributed by atoms with Gasteiger partial charge in [-0.25, -0.2) is 0 Å². The molecule has 138 valence electrons. The number of ketones is 1. The van der Waals surface area contributed by atoms with Gasteiger partial charge in [0.25, 0.3) is 0 Å². The van der Waals surface area contributed by atoms with E-state index in [9.17, 15) is 15.0 Å². The van der Waals surface area contributed by atoms with Crippen LogP contribution >= 0.6 is 0 Å². The maximum atomic E-state index is 12.8. The molecule has 4 aliphatic carbocycles. The molecule has 5 atom stereocenters. The third kappa shape index (κ3) is 1.60. The van der Waals surface area contributed by atoms with E-state index in [1.165, 1.54) is 31.2 Å². The second kappa shape index (κ2) is 4.83. The van der Waals surface area contributed by atoms with Crippen LogP contribution < -0.4 is 4.74 Å². The number of benzene rings is 1. The fourth-order valence-electron chi connectivity index (χ4n) is 7.20. The standard InChI is InChI=1S/C22H26O4/c23-16-5-4-14-11-15-13(10-12-2-1-3-12)6-8-21-18(14)19(16)26-20(21)17(24)7-9-22(15,21)25/h4-5,12-13,15,20,23,25H,1-3,6-11H2/t13?,15-,20-,21-,22+/m0/s1. The average Bonchev–Trinajstić information content (AvgIpc) is 2.93. The van der Waals surface area contributed by atoms with Crippen molar-refractivity contribution in [2.45, 2.75) is 74.9 Å². The molecule has 6 rings (SSSR count). The predicted octanol–water partition coefficient (Wildman–Crippen LogP) is 3.26. The third-order valence-corrected chi connectivity index (χ3v) is 8.56. The Morgan fingerprint density at radius 2 is 2.04 bits per heavy atom. The first kappa shape index (κ1) is 15.5. The lowest BCUT2D eigenvalue weighted by Crippen LogP contribution is -2.71. The summed E-state index contributed by atoms with van der Waals surface area (Å²) in [5.41, 5.74) is 0.633.